The number of carbonyl (C=O) groups is 1. The average molecular weight is 371 g/mol. The minimum atomic E-state index is -0.283. The van der Waals surface area contributed by atoms with Gasteiger partial charge in [-0.1, -0.05) is 11.3 Å². The summed E-state index contributed by atoms with van der Waals surface area (Å²) in [6.45, 7) is 1.93. The van der Waals surface area contributed by atoms with Gasteiger partial charge in [-0.05, 0) is 43.4 Å². The molecule has 0 radical (unpaired) electrons. The molecule has 3 aromatic rings. The molecule has 8 heteroatoms. The maximum atomic E-state index is 12.9. The fourth-order valence-corrected chi connectivity index (χ4v) is 4.40. The second-order valence-corrected chi connectivity index (χ2v) is 8.04. The minimum Gasteiger partial charge on any atom is -0.393 e. The Bertz CT molecular complexity index is 973. The van der Waals surface area contributed by atoms with Crippen LogP contribution in [0.4, 0.5) is 5.13 Å². The fourth-order valence-electron chi connectivity index (χ4n) is 3.55. The first kappa shape index (κ1) is 17.0. The standard InChI is InChI=1S/C18H21N5O2S/c1-9-3-11(6-14-15(9)22-18(19)26-14)17(25)21-16(10-4-13(24)5-10)12-7-20-23(2)8-12/h3,6-8,10,13,16,24H,4-5H2,1-2H3,(H2,19,22)(H,21,25)/t10?,13?,16-/m1/s1. The predicted octanol–water partition coefficient (Wildman–Crippen LogP) is 2.16. The number of nitrogens with one attached hydrogen (secondary N) is 1. The molecule has 4 rings (SSSR count). The number of amides is 1. The van der Waals surface area contributed by atoms with Crippen LogP contribution in [0, 0.1) is 12.8 Å². The van der Waals surface area contributed by atoms with Crippen LogP contribution in [0.15, 0.2) is 24.5 Å². The zero-order chi connectivity index (χ0) is 18.4. The van der Waals surface area contributed by atoms with Gasteiger partial charge in [0.1, 0.15) is 0 Å². The van der Waals surface area contributed by atoms with E-state index in [1.165, 1.54) is 11.3 Å². The lowest BCUT2D eigenvalue weighted by Crippen LogP contribution is -2.41. The van der Waals surface area contributed by atoms with Crippen molar-refractivity contribution in [3.8, 4) is 0 Å². The van der Waals surface area contributed by atoms with Gasteiger partial charge in [0.05, 0.1) is 28.6 Å². The van der Waals surface area contributed by atoms with Gasteiger partial charge in [0.15, 0.2) is 5.13 Å². The van der Waals surface area contributed by atoms with E-state index < -0.39 is 0 Å². The summed E-state index contributed by atoms with van der Waals surface area (Å²) in [6.07, 6.45) is 4.77. The number of aliphatic hydroxyl groups excluding tert-OH is 1. The molecule has 0 bridgehead atoms. The number of thiazole rings is 1. The number of aromatic nitrogens is 3. The summed E-state index contributed by atoms with van der Waals surface area (Å²) < 4.78 is 2.63. The van der Waals surface area contributed by atoms with Gasteiger partial charge < -0.3 is 16.2 Å². The van der Waals surface area contributed by atoms with Gasteiger partial charge >= 0.3 is 0 Å². The van der Waals surface area contributed by atoms with E-state index in [0.717, 1.165) is 21.3 Å². The first-order valence-electron chi connectivity index (χ1n) is 8.55. The Morgan fingerprint density at radius 3 is 2.88 bits per heavy atom. The highest BCUT2D eigenvalue weighted by molar-refractivity contribution is 7.22. The van der Waals surface area contributed by atoms with Crippen molar-refractivity contribution in [3.05, 3.63) is 41.2 Å². The molecule has 7 nitrogen and oxygen atoms in total. The summed E-state index contributed by atoms with van der Waals surface area (Å²) in [6, 6.07) is 3.51. The molecule has 0 spiro atoms. The third-order valence-corrected chi connectivity index (χ3v) is 5.79. The first-order valence-corrected chi connectivity index (χ1v) is 9.36. The van der Waals surface area contributed by atoms with Gasteiger partial charge in [-0.3, -0.25) is 9.48 Å². The highest BCUT2D eigenvalue weighted by atomic mass is 32.1. The number of nitrogen functional groups attached to an aromatic ring is 1. The molecule has 0 saturated heterocycles. The number of nitrogens with two attached hydrogens (primary N) is 1. The summed E-state index contributed by atoms with van der Waals surface area (Å²) in [4.78, 5) is 17.2. The lowest BCUT2D eigenvalue weighted by molar-refractivity contribution is 0.0235. The Morgan fingerprint density at radius 1 is 1.46 bits per heavy atom. The number of benzene rings is 1. The van der Waals surface area contributed by atoms with E-state index in [2.05, 4.69) is 15.4 Å². The average Bonchev–Trinajstić information content (AvgIpc) is 3.15. The van der Waals surface area contributed by atoms with Gasteiger partial charge in [-0.2, -0.15) is 5.10 Å². The van der Waals surface area contributed by atoms with Crippen molar-refractivity contribution in [2.45, 2.75) is 31.9 Å². The fraction of sp³-hybridized carbons (Fsp3) is 0.389. The summed E-state index contributed by atoms with van der Waals surface area (Å²) in [5.74, 6) is 0.0687. The molecule has 1 saturated carbocycles. The third kappa shape index (κ3) is 3.06. The molecule has 26 heavy (non-hydrogen) atoms. The number of anilines is 1. The quantitative estimate of drug-likeness (QED) is 0.652. The maximum Gasteiger partial charge on any atom is 0.251 e. The van der Waals surface area contributed by atoms with Gasteiger partial charge in [0.2, 0.25) is 0 Å². The predicted molar refractivity (Wildman–Crippen MR) is 101 cm³/mol. The van der Waals surface area contributed by atoms with Gasteiger partial charge in [0, 0.05) is 24.4 Å². The van der Waals surface area contributed by atoms with E-state index in [-0.39, 0.29) is 24.0 Å². The molecule has 0 unspecified atom stereocenters. The summed E-state index contributed by atoms with van der Waals surface area (Å²) >= 11 is 1.38. The largest absolute Gasteiger partial charge is 0.393 e. The van der Waals surface area contributed by atoms with Crippen LogP contribution < -0.4 is 11.1 Å². The van der Waals surface area contributed by atoms with Gasteiger partial charge in [0.25, 0.3) is 5.91 Å². The Labute approximate surface area is 154 Å². The van der Waals surface area contributed by atoms with E-state index in [9.17, 15) is 9.90 Å². The number of carbonyl (C=O) groups excluding carboxylic acids is 1. The molecule has 0 aliphatic heterocycles. The normalized spacial score (nSPS) is 20.7. The highest BCUT2D eigenvalue weighted by Gasteiger charge is 2.36. The first-order chi connectivity index (χ1) is 12.4. The maximum absolute atomic E-state index is 12.9. The molecule has 1 atom stereocenters. The van der Waals surface area contributed by atoms with Crippen molar-refractivity contribution in [1.29, 1.82) is 0 Å². The second kappa shape index (κ2) is 6.37. The van der Waals surface area contributed by atoms with Crippen LogP contribution in [0.25, 0.3) is 10.2 Å². The van der Waals surface area contributed by atoms with E-state index in [1.807, 2.05) is 32.3 Å². The van der Waals surface area contributed by atoms with Gasteiger partial charge in [-0.15, -0.1) is 0 Å². The summed E-state index contributed by atoms with van der Waals surface area (Å²) in [5, 5.41) is 17.5. The SMILES string of the molecule is Cc1cc(C(=O)N[C@@H](c2cnn(C)c2)C2CC(O)C2)cc2sc(N)nc12. The third-order valence-electron chi connectivity index (χ3n) is 4.96. The van der Waals surface area contributed by atoms with Crippen molar-refractivity contribution in [2.75, 3.05) is 5.73 Å². The molecule has 2 heterocycles. The zero-order valence-corrected chi connectivity index (χ0v) is 15.5. The lowest BCUT2D eigenvalue weighted by Gasteiger charge is -2.37. The Kier molecular flexibility index (Phi) is 4.16. The Hall–Kier alpha value is -2.45. The molecular weight excluding hydrogens is 350 g/mol. The Morgan fingerprint density at radius 2 is 2.23 bits per heavy atom. The molecule has 1 aliphatic carbocycles. The molecule has 2 aromatic heterocycles. The van der Waals surface area contributed by atoms with E-state index >= 15 is 0 Å². The number of nitrogens with zero attached hydrogens (tertiary/aromatic N) is 3. The number of aryl methyl sites for hydroxylation is 2. The van der Waals surface area contributed by atoms with Crippen LogP contribution in [-0.2, 0) is 7.05 Å². The van der Waals surface area contributed by atoms with Crippen LogP contribution in [0.2, 0.25) is 0 Å². The number of hydrogen-bond donors (Lipinski definition) is 3. The Balaban J connectivity index is 1.62. The van der Waals surface area contributed by atoms with E-state index in [1.54, 1.807) is 10.9 Å². The molecule has 136 valence electrons. The van der Waals surface area contributed by atoms with Crippen molar-refractivity contribution >= 4 is 32.6 Å². The van der Waals surface area contributed by atoms with Crippen LogP contribution in [0.1, 0.15) is 40.4 Å². The van der Waals surface area contributed by atoms with E-state index in [0.29, 0.717) is 23.5 Å². The van der Waals surface area contributed by atoms with Crippen molar-refractivity contribution < 1.29 is 9.90 Å². The molecule has 1 fully saturated rings. The molecule has 1 amide bonds. The molecule has 4 N–H and O–H groups in total. The minimum absolute atomic E-state index is 0.141. The smallest absolute Gasteiger partial charge is 0.251 e. The van der Waals surface area contributed by atoms with Crippen molar-refractivity contribution in [1.82, 2.24) is 20.1 Å². The van der Waals surface area contributed by atoms with Gasteiger partial charge in [-0.25, -0.2) is 4.98 Å². The van der Waals surface area contributed by atoms with E-state index in [4.69, 9.17) is 5.73 Å². The second-order valence-electron chi connectivity index (χ2n) is 6.98. The van der Waals surface area contributed by atoms with Crippen molar-refractivity contribution in [3.63, 3.8) is 0 Å². The molecular formula is C18H21N5O2S. The van der Waals surface area contributed by atoms with Crippen LogP contribution in [-0.4, -0.2) is 31.9 Å². The van der Waals surface area contributed by atoms with Crippen LogP contribution in [0.3, 0.4) is 0 Å². The molecule has 1 aliphatic rings. The topological polar surface area (TPSA) is 106 Å². The van der Waals surface area contributed by atoms with Crippen LogP contribution in [0.5, 0.6) is 0 Å². The number of hydrogen-bond acceptors (Lipinski definition) is 6. The summed E-state index contributed by atoms with van der Waals surface area (Å²) in [7, 11) is 1.85. The number of fused-ring (bicyclic) bond motifs is 1. The van der Waals surface area contributed by atoms with Crippen molar-refractivity contribution in [2.24, 2.45) is 13.0 Å². The monoisotopic (exact) mass is 371 g/mol. The lowest BCUT2D eigenvalue weighted by atomic mass is 9.75. The highest BCUT2D eigenvalue weighted by Crippen LogP contribution is 2.38. The number of aliphatic hydroxyl groups is 1. The zero-order valence-electron chi connectivity index (χ0n) is 14.6. The molecule has 1 aromatic carbocycles. The number of rotatable bonds is 4. The summed E-state index contributed by atoms with van der Waals surface area (Å²) in [5.41, 5.74) is 9.11. The van der Waals surface area contributed by atoms with Crippen LogP contribution >= 0.6 is 11.3 Å².